The van der Waals surface area contributed by atoms with Crippen LogP contribution in [0.2, 0.25) is 0 Å². The largest absolute Gasteiger partial charge is 0.482 e. The number of aromatic nitrogens is 2. The summed E-state index contributed by atoms with van der Waals surface area (Å²) >= 11 is 0. The third kappa shape index (κ3) is 3.87. The van der Waals surface area contributed by atoms with Crippen LogP contribution in [-0.4, -0.2) is 28.3 Å². The second kappa shape index (κ2) is 7.98. The van der Waals surface area contributed by atoms with Crippen LogP contribution in [-0.2, 0) is 11.2 Å². The molecule has 31 heavy (non-hydrogen) atoms. The highest BCUT2D eigenvalue weighted by molar-refractivity contribution is 5.95. The number of carbonyl (C=O) groups is 1. The lowest BCUT2D eigenvalue weighted by atomic mass is 10.1. The van der Waals surface area contributed by atoms with Crippen LogP contribution in [0.3, 0.4) is 0 Å². The number of rotatable bonds is 5. The van der Waals surface area contributed by atoms with E-state index in [1.807, 2.05) is 42.5 Å². The molecule has 1 aliphatic rings. The minimum Gasteiger partial charge on any atom is -0.482 e. The predicted octanol–water partition coefficient (Wildman–Crippen LogP) is 4.09. The van der Waals surface area contributed by atoms with Crippen molar-refractivity contribution in [1.29, 1.82) is 0 Å². The summed E-state index contributed by atoms with van der Waals surface area (Å²) in [5, 5.41) is 6.89. The van der Waals surface area contributed by atoms with Gasteiger partial charge in [0.2, 0.25) is 17.8 Å². The van der Waals surface area contributed by atoms with Crippen LogP contribution in [0.1, 0.15) is 18.4 Å². The molecule has 3 heterocycles. The molecule has 1 aliphatic heterocycles. The van der Waals surface area contributed by atoms with E-state index in [1.54, 1.807) is 31.4 Å². The van der Waals surface area contributed by atoms with Gasteiger partial charge in [0.25, 0.3) is 5.91 Å². The third-order valence-corrected chi connectivity index (χ3v) is 4.93. The number of para-hydroxylation sites is 3. The Labute approximate surface area is 177 Å². The lowest BCUT2D eigenvalue weighted by Crippen LogP contribution is -2.46. The van der Waals surface area contributed by atoms with Crippen molar-refractivity contribution >= 4 is 11.6 Å². The molecular weight excluding hydrogens is 398 g/mol. The van der Waals surface area contributed by atoms with E-state index >= 15 is 0 Å². The van der Waals surface area contributed by atoms with Crippen molar-refractivity contribution in [2.45, 2.75) is 25.6 Å². The molecule has 2 aromatic heterocycles. The fraction of sp³-hybridized carbons (Fsp3) is 0.174. The highest BCUT2D eigenvalue weighted by atomic mass is 16.6. The van der Waals surface area contributed by atoms with Crippen LogP contribution in [0.5, 0.6) is 11.5 Å². The molecule has 1 N–H and O–H groups in total. The highest BCUT2D eigenvalue weighted by Gasteiger charge is 2.34. The van der Waals surface area contributed by atoms with Crippen molar-refractivity contribution in [3.63, 3.8) is 0 Å². The summed E-state index contributed by atoms with van der Waals surface area (Å²) in [6.07, 6.45) is 0.683. The zero-order valence-electron chi connectivity index (χ0n) is 16.6. The number of nitrogens with zero attached hydrogens (tertiary/aromatic N) is 2. The van der Waals surface area contributed by atoms with Crippen LogP contribution in [0.25, 0.3) is 11.6 Å². The Morgan fingerprint density at radius 3 is 2.58 bits per heavy atom. The van der Waals surface area contributed by atoms with Gasteiger partial charge in [-0.2, -0.15) is 4.98 Å². The van der Waals surface area contributed by atoms with E-state index in [-0.39, 0.29) is 5.91 Å². The van der Waals surface area contributed by atoms with Gasteiger partial charge >= 0.3 is 0 Å². The van der Waals surface area contributed by atoms with Crippen LogP contribution in [0.15, 0.2) is 75.9 Å². The number of anilines is 1. The zero-order valence-corrected chi connectivity index (χ0v) is 16.6. The maximum Gasteiger partial charge on any atom is 0.269 e. The Balaban J connectivity index is 1.32. The summed E-state index contributed by atoms with van der Waals surface area (Å²) in [6, 6.07) is 18.2. The molecule has 0 spiro atoms. The van der Waals surface area contributed by atoms with Crippen molar-refractivity contribution in [3.05, 3.63) is 78.4 Å². The van der Waals surface area contributed by atoms with Gasteiger partial charge in [0.05, 0.1) is 12.7 Å². The first-order chi connectivity index (χ1) is 15.2. The van der Waals surface area contributed by atoms with Crippen molar-refractivity contribution in [3.8, 4) is 23.1 Å². The normalized spacial score (nSPS) is 17.3. The molecule has 0 fully saturated rings. The molecule has 0 radical (unpaired) electrons. The van der Waals surface area contributed by atoms with Crippen molar-refractivity contribution in [1.82, 2.24) is 10.1 Å². The molecule has 2 atom stereocenters. The van der Waals surface area contributed by atoms with Gasteiger partial charge in [-0.1, -0.05) is 35.5 Å². The molecule has 0 bridgehead atoms. The topological polar surface area (TPSA) is 99.6 Å². The summed E-state index contributed by atoms with van der Waals surface area (Å²) < 4.78 is 22.4. The van der Waals surface area contributed by atoms with E-state index in [9.17, 15) is 4.79 Å². The fourth-order valence-corrected chi connectivity index (χ4v) is 3.40. The summed E-state index contributed by atoms with van der Waals surface area (Å²) in [4.78, 5) is 17.3. The van der Waals surface area contributed by atoms with Gasteiger partial charge in [0, 0.05) is 5.69 Å². The highest BCUT2D eigenvalue weighted by Crippen LogP contribution is 2.34. The molecule has 0 saturated carbocycles. The van der Waals surface area contributed by atoms with Gasteiger partial charge in [-0.15, -0.1) is 0 Å². The van der Waals surface area contributed by atoms with Crippen LogP contribution in [0, 0.1) is 0 Å². The maximum absolute atomic E-state index is 13.0. The number of amides is 1. The van der Waals surface area contributed by atoms with Crippen LogP contribution in [0.4, 0.5) is 5.69 Å². The van der Waals surface area contributed by atoms with Gasteiger partial charge in [0.15, 0.2) is 17.3 Å². The van der Waals surface area contributed by atoms with Gasteiger partial charge < -0.3 is 23.7 Å². The zero-order chi connectivity index (χ0) is 21.2. The molecule has 0 saturated heterocycles. The first-order valence-corrected chi connectivity index (χ1v) is 9.85. The van der Waals surface area contributed by atoms with E-state index in [0.29, 0.717) is 41.1 Å². The van der Waals surface area contributed by atoms with Crippen molar-refractivity contribution < 1.29 is 23.2 Å². The van der Waals surface area contributed by atoms with Crippen LogP contribution >= 0.6 is 0 Å². The number of hydrogen-bond donors (Lipinski definition) is 1. The Bertz CT molecular complexity index is 1200. The van der Waals surface area contributed by atoms with E-state index < -0.39 is 12.2 Å². The third-order valence-electron chi connectivity index (χ3n) is 4.93. The number of fused-ring (bicyclic) bond motifs is 1. The van der Waals surface area contributed by atoms with Crippen molar-refractivity contribution in [2.24, 2.45) is 0 Å². The van der Waals surface area contributed by atoms with Gasteiger partial charge in [0.1, 0.15) is 6.10 Å². The second-order valence-electron chi connectivity index (χ2n) is 7.12. The minimum atomic E-state index is -0.781. The summed E-state index contributed by atoms with van der Waals surface area (Å²) in [5.74, 6) is 2.19. The van der Waals surface area contributed by atoms with E-state index in [0.717, 1.165) is 5.56 Å². The Morgan fingerprint density at radius 2 is 1.77 bits per heavy atom. The van der Waals surface area contributed by atoms with Crippen LogP contribution < -0.4 is 14.8 Å². The van der Waals surface area contributed by atoms with Gasteiger partial charge in [-0.3, -0.25) is 4.79 Å². The SMILES string of the molecule is C[C@@H]1Oc2ccccc2O[C@@H]1C(=O)Nc1ccccc1Cc1nc(-c2ccco2)no1. The number of furan rings is 1. The number of hydrogen-bond acceptors (Lipinski definition) is 7. The van der Waals surface area contributed by atoms with Crippen molar-refractivity contribution in [2.75, 3.05) is 5.32 Å². The number of nitrogens with one attached hydrogen (secondary N) is 1. The fourth-order valence-electron chi connectivity index (χ4n) is 3.40. The molecule has 8 heteroatoms. The molecule has 5 rings (SSSR count). The molecule has 8 nitrogen and oxygen atoms in total. The molecule has 0 aliphatic carbocycles. The van der Waals surface area contributed by atoms with Gasteiger partial charge in [-0.05, 0) is 42.8 Å². The maximum atomic E-state index is 13.0. The Kier molecular flexibility index (Phi) is 4.87. The van der Waals surface area contributed by atoms with E-state index in [2.05, 4.69) is 15.5 Å². The average Bonchev–Trinajstić information content (AvgIpc) is 3.46. The first-order valence-electron chi connectivity index (χ1n) is 9.85. The number of benzene rings is 2. The molecule has 4 aromatic rings. The molecule has 0 unspecified atom stereocenters. The lowest BCUT2D eigenvalue weighted by molar-refractivity contribution is -0.128. The lowest BCUT2D eigenvalue weighted by Gasteiger charge is -2.31. The minimum absolute atomic E-state index is 0.295. The molecule has 1 amide bonds. The van der Waals surface area contributed by atoms with E-state index in [4.69, 9.17) is 18.4 Å². The first kappa shape index (κ1) is 18.9. The monoisotopic (exact) mass is 417 g/mol. The Hall–Kier alpha value is -4.07. The summed E-state index contributed by atoms with van der Waals surface area (Å²) in [7, 11) is 0. The predicted molar refractivity (Wildman–Crippen MR) is 111 cm³/mol. The number of carbonyl (C=O) groups excluding carboxylic acids is 1. The average molecular weight is 417 g/mol. The summed E-state index contributed by atoms with van der Waals surface area (Å²) in [5.41, 5.74) is 1.47. The molecular formula is C23H19N3O5. The van der Waals surface area contributed by atoms with Gasteiger partial charge in [-0.25, -0.2) is 0 Å². The second-order valence-corrected chi connectivity index (χ2v) is 7.12. The van der Waals surface area contributed by atoms with E-state index in [1.165, 1.54) is 0 Å². The quantitative estimate of drug-likeness (QED) is 0.522. The molecule has 2 aromatic carbocycles. The number of ether oxygens (including phenoxy) is 2. The molecule has 156 valence electrons. The smallest absolute Gasteiger partial charge is 0.269 e. The standard InChI is InChI=1S/C23H19N3O5/c1-14-21(30-18-10-5-4-9-17(18)29-14)23(27)24-16-8-3-2-7-15(16)13-20-25-22(26-31-20)19-11-6-12-28-19/h2-12,14,21H,13H2,1H3,(H,24,27)/t14-,21-/m0/s1. The Morgan fingerprint density at radius 1 is 1.00 bits per heavy atom. The summed E-state index contributed by atoms with van der Waals surface area (Å²) in [6.45, 7) is 1.81.